The molecule has 5 amide bonds. The van der Waals surface area contributed by atoms with Crippen molar-refractivity contribution in [3.63, 3.8) is 0 Å². The monoisotopic (exact) mass is 747 g/mol. The van der Waals surface area contributed by atoms with Gasteiger partial charge in [-0.25, -0.2) is 22.8 Å². The van der Waals surface area contributed by atoms with Crippen molar-refractivity contribution in [3.8, 4) is 0 Å². The Balaban J connectivity index is 1.58. The van der Waals surface area contributed by atoms with Crippen LogP contribution < -0.4 is 20.7 Å². The fourth-order valence-electron chi connectivity index (χ4n) is 5.87. The van der Waals surface area contributed by atoms with Gasteiger partial charge in [-0.2, -0.15) is 0 Å². The van der Waals surface area contributed by atoms with E-state index in [2.05, 4.69) is 27.3 Å². The molecule has 0 bridgehead atoms. The third-order valence-corrected chi connectivity index (χ3v) is 10.6. The normalized spacial score (nSPS) is 23.4. The molecule has 16 nitrogen and oxygen atoms in total. The first kappa shape index (κ1) is 40.1. The van der Waals surface area contributed by atoms with Gasteiger partial charge in [0.2, 0.25) is 21.8 Å². The van der Waals surface area contributed by atoms with Crippen LogP contribution in [0.5, 0.6) is 0 Å². The van der Waals surface area contributed by atoms with E-state index in [4.69, 9.17) is 14.2 Å². The van der Waals surface area contributed by atoms with Gasteiger partial charge >= 0.3 is 18.2 Å². The topological polar surface area (TPSA) is 216 Å². The molecule has 3 aliphatic rings. The summed E-state index contributed by atoms with van der Waals surface area (Å²) in [6.45, 7) is 15.4. The Hall–Kier alpha value is -4.67. The van der Waals surface area contributed by atoms with E-state index >= 15 is 0 Å². The summed E-state index contributed by atoms with van der Waals surface area (Å²) in [7, 11) is -3.94. The van der Waals surface area contributed by atoms with Crippen LogP contribution in [0.2, 0.25) is 0 Å². The van der Waals surface area contributed by atoms with Gasteiger partial charge in [0.05, 0.1) is 24.0 Å². The van der Waals surface area contributed by atoms with Crippen LogP contribution >= 0.6 is 0 Å². The molecular weight excluding hydrogens is 698 g/mol. The first-order valence-electron chi connectivity index (χ1n) is 17.2. The third kappa shape index (κ3) is 9.80. The Morgan fingerprint density at radius 2 is 1.73 bits per heavy atom. The third-order valence-electron chi connectivity index (χ3n) is 8.77. The number of ether oxygens (including phenoxy) is 3. The lowest BCUT2D eigenvalue weighted by atomic mass is 9.85. The number of nitrogens with zero attached hydrogens (tertiary/aromatic N) is 1. The maximum atomic E-state index is 14.3. The zero-order chi connectivity index (χ0) is 38.8. The molecule has 1 saturated heterocycles. The fraction of sp³-hybridized carbons (Fsp3) is 0.600. The number of rotatable bonds is 12. The second kappa shape index (κ2) is 15.1. The van der Waals surface area contributed by atoms with E-state index in [-0.39, 0.29) is 37.2 Å². The Morgan fingerprint density at radius 1 is 1.06 bits per heavy atom. The van der Waals surface area contributed by atoms with Gasteiger partial charge in [0.1, 0.15) is 29.3 Å². The minimum atomic E-state index is -3.94. The molecule has 4 N–H and O–H groups in total. The fourth-order valence-corrected chi connectivity index (χ4v) is 7.23. The molecule has 2 aliphatic carbocycles. The molecule has 52 heavy (non-hydrogen) atoms. The van der Waals surface area contributed by atoms with E-state index in [1.165, 1.54) is 29.2 Å². The van der Waals surface area contributed by atoms with E-state index in [0.717, 1.165) is 0 Å². The average Bonchev–Trinajstić information content (AvgIpc) is 3.95. The number of anilines is 1. The van der Waals surface area contributed by atoms with Gasteiger partial charge in [0, 0.05) is 18.0 Å². The van der Waals surface area contributed by atoms with Crippen molar-refractivity contribution in [1.82, 2.24) is 20.3 Å². The molecule has 0 radical (unpaired) electrons. The molecule has 17 heteroatoms. The SMILES string of the molecule is C=CC1CC1(NC(=O)C1CC(OC(=O)Nc2cccc(C(=O)OCC)c2)CN1C(=O)C(NC(=O)OC(C)(C)C)C(C)(C)C)C(=O)NS(=O)(=O)C1CC1. The average molecular weight is 748 g/mol. The number of sulfonamides is 1. The van der Waals surface area contributed by atoms with Crippen LogP contribution in [0.3, 0.4) is 0 Å². The minimum Gasteiger partial charge on any atom is -0.462 e. The highest BCUT2D eigenvalue weighted by molar-refractivity contribution is 7.91. The minimum absolute atomic E-state index is 0.0763. The van der Waals surface area contributed by atoms with Crippen LogP contribution in [0.4, 0.5) is 15.3 Å². The summed E-state index contributed by atoms with van der Waals surface area (Å²) in [6, 6.07) is 3.47. The van der Waals surface area contributed by atoms with E-state index in [9.17, 15) is 37.2 Å². The van der Waals surface area contributed by atoms with Crippen molar-refractivity contribution >= 4 is 51.6 Å². The molecule has 0 spiro atoms. The predicted octanol–water partition coefficient (Wildman–Crippen LogP) is 2.99. The number of benzene rings is 1. The van der Waals surface area contributed by atoms with E-state index in [0.29, 0.717) is 12.8 Å². The number of carbonyl (C=O) groups is 6. The zero-order valence-electron chi connectivity index (χ0n) is 30.6. The molecule has 1 aromatic carbocycles. The van der Waals surface area contributed by atoms with Crippen molar-refractivity contribution in [3.05, 3.63) is 42.5 Å². The molecule has 0 aromatic heterocycles. The first-order valence-corrected chi connectivity index (χ1v) is 18.7. The molecule has 1 aliphatic heterocycles. The summed E-state index contributed by atoms with van der Waals surface area (Å²) < 4.78 is 43.4. The number of amides is 5. The van der Waals surface area contributed by atoms with Gasteiger partial charge in [0.25, 0.3) is 5.91 Å². The van der Waals surface area contributed by atoms with Crippen LogP contribution in [0.1, 0.15) is 84.5 Å². The second-order valence-corrected chi connectivity index (χ2v) is 17.3. The number of hydrogen-bond acceptors (Lipinski definition) is 11. The van der Waals surface area contributed by atoms with E-state index in [1.54, 1.807) is 54.5 Å². The molecule has 1 aromatic rings. The van der Waals surface area contributed by atoms with Crippen molar-refractivity contribution in [2.24, 2.45) is 11.3 Å². The Labute approximate surface area is 303 Å². The van der Waals surface area contributed by atoms with Gasteiger partial charge in [-0.1, -0.05) is 32.9 Å². The molecule has 2 saturated carbocycles. The molecule has 5 unspecified atom stereocenters. The van der Waals surface area contributed by atoms with Crippen LogP contribution in [0, 0.1) is 11.3 Å². The smallest absolute Gasteiger partial charge is 0.411 e. The summed E-state index contributed by atoms with van der Waals surface area (Å²) >= 11 is 0. The maximum absolute atomic E-state index is 14.3. The summed E-state index contributed by atoms with van der Waals surface area (Å²) in [5.41, 5.74) is -2.97. The number of carbonyl (C=O) groups excluding carboxylic acids is 6. The van der Waals surface area contributed by atoms with Gasteiger partial charge in [0.15, 0.2) is 0 Å². The maximum Gasteiger partial charge on any atom is 0.411 e. The van der Waals surface area contributed by atoms with Crippen LogP contribution in [-0.4, -0.2) is 96.9 Å². The van der Waals surface area contributed by atoms with Crippen molar-refractivity contribution < 1.29 is 51.4 Å². The van der Waals surface area contributed by atoms with Crippen molar-refractivity contribution in [2.45, 2.75) is 109 Å². The van der Waals surface area contributed by atoms with Gasteiger partial charge < -0.3 is 29.7 Å². The van der Waals surface area contributed by atoms with Crippen LogP contribution in [0.25, 0.3) is 0 Å². The standard InChI is InChI=1S/C35H49N5O11S/c1-9-21-18-35(21,30(44)39-52(47,48)24-14-15-24)38-27(41)25-17-23(50-31(45)36-22-13-11-12-20(16-22)29(43)49-10-2)19-40(25)28(42)26(33(3,4)5)37-32(46)51-34(6,7)8/h9,11-13,16,21,23-26H,1,10,14-15,17-19H2,2-8H3,(H,36,45)(H,37,46)(H,38,41)(H,39,44). The number of likely N-dealkylation sites (tertiary alicyclic amines) is 1. The molecule has 3 fully saturated rings. The van der Waals surface area contributed by atoms with E-state index < -0.39 is 91.8 Å². The summed E-state index contributed by atoms with van der Waals surface area (Å²) in [5, 5.41) is 7.14. The lowest BCUT2D eigenvalue weighted by Gasteiger charge is -2.36. The summed E-state index contributed by atoms with van der Waals surface area (Å²) in [6.07, 6.45) is -0.681. The Kier molecular flexibility index (Phi) is 11.7. The van der Waals surface area contributed by atoms with Crippen molar-refractivity contribution in [2.75, 3.05) is 18.5 Å². The summed E-state index contributed by atoms with van der Waals surface area (Å²) in [4.78, 5) is 81.0. The quantitative estimate of drug-likeness (QED) is 0.139. The lowest BCUT2D eigenvalue weighted by molar-refractivity contribution is -0.143. The highest BCUT2D eigenvalue weighted by atomic mass is 32.2. The van der Waals surface area contributed by atoms with Gasteiger partial charge in [-0.3, -0.25) is 24.4 Å². The van der Waals surface area contributed by atoms with Crippen molar-refractivity contribution in [1.29, 1.82) is 0 Å². The number of esters is 1. The molecule has 4 rings (SSSR count). The van der Waals surface area contributed by atoms with Crippen LogP contribution in [-0.2, 0) is 38.6 Å². The first-order chi connectivity index (χ1) is 24.1. The number of hydrogen-bond donors (Lipinski definition) is 4. The van der Waals surface area contributed by atoms with E-state index in [1.807, 2.05) is 0 Å². The largest absolute Gasteiger partial charge is 0.462 e. The molecule has 5 atom stereocenters. The highest BCUT2D eigenvalue weighted by Crippen LogP contribution is 2.45. The molecule has 286 valence electrons. The van der Waals surface area contributed by atoms with Crippen LogP contribution in [0.15, 0.2) is 36.9 Å². The Morgan fingerprint density at radius 3 is 2.29 bits per heavy atom. The highest BCUT2D eigenvalue weighted by Gasteiger charge is 2.62. The number of alkyl carbamates (subject to hydrolysis) is 1. The predicted molar refractivity (Wildman–Crippen MR) is 188 cm³/mol. The summed E-state index contributed by atoms with van der Waals surface area (Å²) in [5.74, 6) is -3.56. The zero-order valence-corrected chi connectivity index (χ0v) is 31.4. The number of nitrogens with one attached hydrogen (secondary N) is 4. The molecular formula is C35H49N5O11S. The van der Waals surface area contributed by atoms with Gasteiger partial charge in [-0.05, 0) is 70.6 Å². The lowest BCUT2D eigenvalue weighted by Crippen LogP contribution is -2.60. The Bertz CT molecular complexity index is 1710. The second-order valence-electron chi connectivity index (χ2n) is 15.3. The molecule has 1 heterocycles. The van der Waals surface area contributed by atoms with Gasteiger partial charge in [-0.15, -0.1) is 6.58 Å².